The quantitative estimate of drug-likeness (QED) is 0.639. The van der Waals surface area contributed by atoms with Gasteiger partial charge in [0.15, 0.2) is 0 Å². The molecule has 0 fully saturated rings. The average molecular weight is 347 g/mol. The lowest BCUT2D eigenvalue weighted by molar-refractivity contribution is 0.0637. The second-order valence-electron chi connectivity index (χ2n) is 5.19. The molecule has 0 aliphatic rings. The number of aliphatic hydroxyl groups is 2. The highest BCUT2D eigenvalue weighted by atomic mass is 32.2. The zero-order valence-electron chi connectivity index (χ0n) is 13.2. The van der Waals surface area contributed by atoms with Gasteiger partial charge in [0, 0.05) is 10.6 Å². The van der Waals surface area contributed by atoms with Gasteiger partial charge in [-0.3, -0.25) is 0 Å². The molecular weight excluding hydrogens is 326 g/mol. The summed E-state index contributed by atoms with van der Waals surface area (Å²) in [6, 6.07) is 18.4. The maximum atomic E-state index is 11.9. The number of alkyl carbamates (subject to hydrolysis) is 1. The first kappa shape index (κ1) is 18.3. The Hall–Kier alpha value is -2.02. The van der Waals surface area contributed by atoms with E-state index >= 15 is 0 Å². The lowest BCUT2D eigenvalue weighted by atomic mass is 10.2. The number of thioether (sulfide) groups is 1. The van der Waals surface area contributed by atoms with Crippen LogP contribution in [0.4, 0.5) is 4.79 Å². The molecule has 2 atom stereocenters. The summed E-state index contributed by atoms with van der Waals surface area (Å²) in [6.07, 6.45) is -1.67. The third-order valence-corrected chi connectivity index (χ3v) is 4.47. The molecule has 2 rings (SSSR count). The minimum atomic E-state index is -1.05. The van der Waals surface area contributed by atoms with Gasteiger partial charge in [0.05, 0.1) is 18.8 Å². The first-order chi connectivity index (χ1) is 11.7. The van der Waals surface area contributed by atoms with E-state index in [1.807, 2.05) is 60.7 Å². The number of hydrogen-bond acceptors (Lipinski definition) is 5. The van der Waals surface area contributed by atoms with Gasteiger partial charge in [0.25, 0.3) is 0 Å². The van der Waals surface area contributed by atoms with Crippen molar-refractivity contribution in [1.29, 1.82) is 0 Å². The van der Waals surface area contributed by atoms with E-state index < -0.39 is 24.8 Å². The van der Waals surface area contributed by atoms with Gasteiger partial charge in [-0.25, -0.2) is 4.79 Å². The minimum Gasteiger partial charge on any atom is -0.445 e. The summed E-state index contributed by atoms with van der Waals surface area (Å²) >= 11 is 1.49. The zero-order chi connectivity index (χ0) is 17.2. The number of hydrogen-bond donors (Lipinski definition) is 3. The van der Waals surface area contributed by atoms with Gasteiger partial charge in [-0.1, -0.05) is 48.5 Å². The van der Waals surface area contributed by atoms with Crippen molar-refractivity contribution in [3.63, 3.8) is 0 Å². The predicted molar refractivity (Wildman–Crippen MR) is 93.8 cm³/mol. The molecule has 5 nitrogen and oxygen atoms in total. The van der Waals surface area contributed by atoms with Gasteiger partial charge >= 0.3 is 6.09 Å². The van der Waals surface area contributed by atoms with Gasteiger partial charge in [-0.2, -0.15) is 0 Å². The summed E-state index contributed by atoms with van der Waals surface area (Å²) in [5, 5.41) is 21.7. The van der Waals surface area contributed by atoms with Crippen molar-refractivity contribution in [2.45, 2.75) is 23.6 Å². The third kappa shape index (κ3) is 6.23. The SMILES string of the molecule is O=C(NC(CSc1ccccc1)[C@H](O)CO)OCc1ccccc1. The Morgan fingerprint density at radius 3 is 2.33 bits per heavy atom. The Balaban J connectivity index is 1.84. The molecule has 0 aliphatic heterocycles. The fourth-order valence-corrected chi connectivity index (χ4v) is 3.02. The van der Waals surface area contributed by atoms with Crippen LogP contribution in [0.3, 0.4) is 0 Å². The summed E-state index contributed by atoms with van der Waals surface area (Å²) in [4.78, 5) is 12.9. The van der Waals surface area contributed by atoms with Crippen molar-refractivity contribution in [3.05, 3.63) is 66.2 Å². The maximum Gasteiger partial charge on any atom is 0.407 e. The molecule has 0 saturated carbocycles. The van der Waals surface area contributed by atoms with Crippen molar-refractivity contribution >= 4 is 17.9 Å². The highest BCUT2D eigenvalue weighted by molar-refractivity contribution is 7.99. The molecule has 2 aromatic rings. The fraction of sp³-hybridized carbons (Fsp3) is 0.278. The molecule has 128 valence electrons. The molecule has 0 spiro atoms. The summed E-state index contributed by atoms with van der Waals surface area (Å²) in [5.41, 5.74) is 0.880. The molecule has 3 N–H and O–H groups in total. The van der Waals surface area contributed by atoms with Crippen molar-refractivity contribution in [2.75, 3.05) is 12.4 Å². The second-order valence-corrected chi connectivity index (χ2v) is 6.28. The summed E-state index contributed by atoms with van der Waals surface area (Å²) < 4.78 is 5.15. The molecule has 0 aliphatic carbocycles. The first-order valence-corrected chi connectivity index (χ1v) is 8.61. The van der Waals surface area contributed by atoms with E-state index in [1.54, 1.807) is 0 Å². The smallest absolute Gasteiger partial charge is 0.407 e. The van der Waals surface area contributed by atoms with Crippen molar-refractivity contribution in [2.24, 2.45) is 0 Å². The number of carbonyl (C=O) groups excluding carboxylic acids is 1. The highest BCUT2D eigenvalue weighted by Gasteiger charge is 2.21. The van der Waals surface area contributed by atoms with Crippen LogP contribution in [0.1, 0.15) is 5.56 Å². The molecule has 0 heterocycles. The Bertz CT molecular complexity index is 609. The van der Waals surface area contributed by atoms with E-state index in [0.717, 1.165) is 10.5 Å². The molecule has 0 bridgehead atoms. The molecule has 0 aromatic heterocycles. The van der Waals surface area contributed by atoms with E-state index in [9.17, 15) is 15.0 Å². The number of nitrogens with one attached hydrogen (secondary N) is 1. The lowest BCUT2D eigenvalue weighted by Gasteiger charge is -2.22. The largest absolute Gasteiger partial charge is 0.445 e. The van der Waals surface area contributed by atoms with Gasteiger partial charge < -0.3 is 20.3 Å². The second kappa shape index (κ2) is 9.97. The summed E-state index contributed by atoms with van der Waals surface area (Å²) in [6.45, 7) is -0.278. The molecule has 0 saturated heterocycles. The number of amides is 1. The van der Waals surface area contributed by atoms with E-state index in [0.29, 0.717) is 5.75 Å². The van der Waals surface area contributed by atoms with Crippen LogP contribution in [-0.4, -0.2) is 40.8 Å². The maximum absolute atomic E-state index is 11.9. The average Bonchev–Trinajstić information content (AvgIpc) is 2.64. The Kier molecular flexibility index (Phi) is 7.61. The minimum absolute atomic E-state index is 0.153. The van der Waals surface area contributed by atoms with Crippen molar-refractivity contribution in [3.8, 4) is 0 Å². The van der Waals surface area contributed by atoms with Crippen molar-refractivity contribution in [1.82, 2.24) is 5.32 Å². The van der Waals surface area contributed by atoms with Crippen LogP contribution < -0.4 is 5.32 Å². The lowest BCUT2D eigenvalue weighted by Crippen LogP contribution is -2.46. The van der Waals surface area contributed by atoms with E-state index in [-0.39, 0.29) is 6.61 Å². The highest BCUT2D eigenvalue weighted by Crippen LogP contribution is 2.19. The molecule has 24 heavy (non-hydrogen) atoms. The van der Waals surface area contributed by atoms with Gasteiger partial charge in [0.1, 0.15) is 6.61 Å². The Morgan fingerprint density at radius 2 is 1.71 bits per heavy atom. The van der Waals surface area contributed by atoms with Crippen LogP contribution in [0.2, 0.25) is 0 Å². The monoisotopic (exact) mass is 347 g/mol. The number of carbonyl (C=O) groups is 1. The molecular formula is C18H21NO4S. The van der Waals surface area contributed by atoms with E-state index in [4.69, 9.17) is 4.74 Å². The van der Waals surface area contributed by atoms with Gasteiger partial charge in [-0.05, 0) is 17.7 Å². The van der Waals surface area contributed by atoms with Gasteiger partial charge in [-0.15, -0.1) is 11.8 Å². The molecule has 0 radical (unpaired) electrons. The van der Waals surface area contributed by atoms with Crippen LogP contribution in [0, 0.1) is 0 Å². The van der Waals surface area contributed by atoms with Crippen molar-refractivity contribution < 1.29 is 19.7 Å². The van der Waals surface area contributed by atoms with Crippen LogP contribution >= 0.6 is 11.8 Å². The predicted octanol–water partition coefficient (Wildman–Crippen LogP) is 2.43. The first-order valence-electron chi connectivity index (χ1n) is 7.63. The van der Waals surface area contributed by atoms with Crippen LogP contribution in [0.5, 0.6) is 0 Å². The topological polar surface area (TPSA) is 78.8 Å². The number of rotatable bonds is 8. The molecule has 1 unspecified atom stereocenters. The van der Waals surface area contributed by atoms with Gasteiger partial charge in [0.2, 0.25) is 0 Å². The summed E-state index contributed by atoms with van der Waals surface area (Å²) in [5.74, 6) is 0.423. The molecule has 2 aromatic carbocycles. The van der Waals surface area contributed by atoms with E-state index in [1.165, 1.54) is 11.8 Å². The normalized spacial score (nSPS) is 13.1. The standard InChI is InChI=1S/C18H21NO4S/c20-11-17(21)16(13-24-15-9-5-2-6-10-15)19-18(22)23-12-14-7-3-1-4-8-14/h1-10,16-17,20-21H,11-13H2,(H,19,22)/t16?,17-/m1/s1. The third-order valence-electron chi connectivity index (χ3n) is 3.34. The van der Waals surface area contributed by atoms with Crippen LogP contribution in [0.25, 0.3) is 0 Å². The number of benzene rings is 2. The van der Waals surface area contributed by atoms with Crippen LogP contribution in [-0.2, 0) is 11.3 Å². The summed E-state index contributed by atoms with van der Waals surface area (Å²) in [7, 11) is 0. The fourth-order valence-electron chi connectivity index (χ4n) is 2.00. The molecule has 6 heteroatoms. The Labute approximate surface area is 145 Å². The van der Waals surface area contributed by atoms with E-state index in [2.05, 4.69) is 5.32 Å². The Morgan fingerprint density at radius 1 is 1.08 bits per heavy atom. The van der Waals surface area contributed by atoms with Crippen LogP contribution in [0.15, 0.2) is 65.6 Å². The number of ether oxygens (including phenoxy) is 1. The zero-order valence-corrected chi connectivity index (χ0v) is 14.0. The molecule has 1 amide bonds. The number of aliphatic hydroxyl groups excluding tert-OH is 2.